The van der Waals surface area contributed by atoms with Gasteiger partial charge in [-0.05, 0) is 25.3 Å². The van der Waals surface area contributed by atoms with Gasteiger partial charge in [0.25, 0.3) is 0 Å². The quantitative estimate of drug-likeness (QED) is 0.792. The van der Waals surface area contributed by atoms with Gasteiger partial charge in [-0.25, -0.2) is 14.6 Å². The third-order valence-corrected chi connectivity index (χ3v) is 2.96. The predicted octanol–water partition coefficient (Wildman–Crippen LogP) is 2.04. The van der Waals surface area contributed by atoms with Crippen molar-refractivity contribution in [3.05, 3.63) is 31.0 Å². The van der Waals surface area contributed by atoms with Gasteiger partial charge in [-0.3, -0.25) is 0 Å². The summed E-state index contributed by atoms with van der Waals surface area (Å²) in [4.78, 5) is 8.07. The normalized spacial score (nSPS) is 20.4. The molecule has 0 aliphatic carbocycles. The van der Waals surface area contributed by atoms with E-state index in [9.17, 15) is 0 Å². The van der Waals surface area contributed by atoms with Crippen molar-refractivity contribution in [3.8, 4) is 11.3 Å². The van der Waals surface area contributed by atoms with E-state index in [0.717, 1.165) is 30.7 Å². The van der Waals surface area contributed by atoms with E-state index in [2.05, 4.69) is 15.1 Å². The Hall–Kier alpha value is -1.75. The van der Waals surface area contributed by atoms with Gasteiger partial charge in [0.1, 0.15) is 6.33 Å². The lowest BCUT2D eigenvalue weighted by Gasteiger charge is -2.24. The summed E-state index contributed by atoms with van der Waals surface area (Å²) in [5.41, 5.74) is 1.98. The molecule has 0 saturated carbocycles. The summed E-state index contributed by atoms with van der Waals surface area (Å²) in [6.45, 7) is 0.815. The van der Waals surface area contributed by atoms with Gasteiger partial charge in [0.05, 0.1) is 5.69 Å². The lowest BCUT2D eigenvalue weighted by atomic mass is 10.2. The summed E-state index contributed by atoms with van der Waals surface area (Å²) in [6.07, 6.45) is 10.3. The molecule has 2 aromatic rings. The molecule has 0 N–H and O–H groups in total. The maximum absolute atomic E-state index is 5.74. The fourth-order valence-corrected chi connectivity index (χ4v) is 2.12. The van der Waals surface area contributed by atoms with Crippen LogP contribution in [0.2, 0.25) is 0 Å². The average Bonchev–Trinajstić information content (AvgIpc) is 2.90. The zero-order valence-electron chi connectivity index (χ0n) is 9.49. The second-order valence-electron chi connectivity index (χ2n) is 4.11. The van der Waals surface area contributed by atoms with E-state index in [1.807, 2.05) is 10.7 Å². The number of ether oxygens (including phenoxy) is 1. The number of rotatable bonds is 2. The minimum atomic E-state index is 0.0500. The van der Waals surface area contributed by atoms with E-state index in [4.69, 9.17) is 4.74 Å². The van der Waals surface area contributed by atoms with Crippen LogP contribution >= 0.6 is 0 Å². The second-order valence-corrected chi connectivity index (χ2v) is 4.11. The third kappa shape index (κ3) is 2.06. The molecule has 0 spiro atoms. The van der Waals surface area contributed by atoms with E-state index in [0.29, 0.717) is 0 Å². The molecule has 0 aromatic carbocycles. The van der Waals surface area contributed by atoms with Crippen LogP contribution in [0.4, 0.5) is 0 Å². The number of hydrogen-bond acceptors (Lipinski definition) is 4. The highest BCUT2D eigenvalue weighted by molar-refractivity contribution is 5.56. The first kappa shape index (κ1) is 10.4. The van der Waals surface area contributed by atoms with Crippen LogP contribution in [0.5, 0.6) is 0 Å². The Morgan fingerprint density at radius 1 is 1.24 bits per heavy atom. The molecular weight excluding hydrogens is 216 g/mol. The number of aromatic nitrogens is 4. The Morgan fingerprint density at radius 2 is 2.12 bits per heavy atom. The molecule has 0 radical (unpaired) electrons. The first-order chi connectivity index (χ1) is 8.45. The minimum Gasteiger partial charge on any atom is -0.356 e. The number of nitrogens with zero attached hydrogens (tertiary/aromatic N) is 4. The maximum atomic E-state index is 5.74. The van der Waals surface area contributed by atoms with Crippen LogP contribution < -0.4 is 0 Å². The minimum absolute atomic E-state index is 0.0500. The fourth-order valence-electron chi connectivity index (χ4n) is 2.12. The molecule has 3 rings (SSSR count). The van der Waals surface area contributed by atoms with Crippen LogP contribution in [-0.4, -0.2) is 26.4 Å². The molecular formula is C12H14N4O. The summed E-state index contributed by atoms with van der Waals surface area (Å²) < 4.78 is 7.67. The van der Waals surface area contributed by atoms with Crippen LogP contribution in [0, 0.1) is 0 Å². The molecule has 1 saturated heterocycles. The molecule has 1 fully saturated rings. The van der Waals surface area contributed by atoms with Gasteiger partial charge in [0.2, 0.25) is 0 Å². The largest absolute Gasteiger partial charge is 0.356 e. The Labute approximate surface area is 99.5 Å². The van der Waals surface area contributed by atoms with Gasteiger partial charge in [-0.1, -0.05) is 0 Å². The van der Waals surface area contributed by atoms with Gasteiger partial charge in [0.15, 0.2) is 6.23 Å². The monoisotopic (exact) mass is 230 g/mol. The van der Waals surface area contributed by atoms with E-state index in [-0.39, 0.29) is 6.23 Å². The second kappa shape index (κ2) is 4.63. The van der Waals surface area contributed by atoms with E-state index in [1.54, 1.807) is 18.6 Å². The van der Waals surface area contributed by atoms with Crippen LogP contribution in [-0.2, 0) is 4.74 Å². The maximum Gasteiger partial charge on any atom is 0.150 e. The van der Waals surface area contributed by atoms with Gasteiger partial charge < -0.3 is 4.74 Å². The van der Waals surface area contributed by atoms with Crippen molar-refractivity contribution in [2.75, 3.05) is 6.61 Å². The van der Waals surface area contributed by atoms with Crippen molar-refractivity contribution >= 4 is 0 Å². The van der Waals surface area contributed by atoms with Gasteiger partial charge in [-0.2, -0.15) is 5.10 Å². The third-order valence-electron chi connectivity index (χ3n) is 2.96. The van der Waals surface area contributed by atoms with Crippen LogP contribution in [0.3, 0.4) is 0 Å². The van der Waals surface area contributed by atoms with Crippen LogP contribution in [0.1, 0.15) is 25.5 Å². The summed E-state index contributed by atoms with van der Waals surface area (Å²) >= 11 is 0. The Bertz CT molecular complexity index is 476. The van der Waals surface area contributed by atoms with Gasteiger partial charge in [0, 0.05) is 30.8 Å². The van der Waals surface area contributed by atoms with E-state index in [1.165, 1.54) is 12.7 Å². The van der Waals surface area contributed by atoms with Crippen LogP contribution in [0.25, 0.3) is 11.3 Å². The molecule has 5 heteroatoms. The topological polar surface area (TPSA) is 52.8 Å². The molecule has 3 heterocycles. The molecule has 1 aliphatic heterocycles. The molecule has 1 aliphatic rings. The Morgan fingerprint density at radius 3 is 2.88 bits per heavy atom. The smallest absolute Gasteiger partial charge is 0.150 e. The van der Waals surface area contributed by atoms with Crippen molar-refractivity contribution in [1.29, 1.82) is 0 Å². The molecule has 0 amide bonds. The van der Waals surface area contributed by atoms with Crippen molar-refractivity contribution in [1.82, 2.24) is 19.7 Å². The lowest BCUT2D eigenvalue weighted by molar-refractivity contribution is -0.0383. The summed E-state index contributed by atoms with van der Waals surface area (Å²) in [7, 11) is 0. The first-order valence-electron chi connectivity index (χ1n) is 5.85. The first-order valence-corrected chi connectivity index (χ1v) is 5.85. The molecule has 5 nitrogen and oxygen atoms in total. The highest BCUT2D eigenvalue weighted by atomic mass is 16.5. The van der Waals surface area contributed by atoms with E-state index >= 15 is 0 Å². The summed E-state index contributed by atoms with van der Waals surface area (Å²) in [5.74, 6) is 0. The highest BCUT2D eigenvalue weighted by Gasteiger charge is 2.19. The average molecular weight is 230 g/mol. The lowest BCUT2D eigenvalue weighted by Crippen LogP contribution is -2.19. The van der Waals surface area contributed by atoms with Gasteiger partial charge in [-0.15, -0.1) is 0 Å². The molecule has 88 valence electrons. The number of hydrogen-bond donors (Lipinski definition) is 0. The highest BCUT2D eigenvalue weighted by Crippen LogP contribution is 2.27. The fraction of sp³-hybridized carbons (Fsp3) is 0.417. The van der Waals surface area contributed by atoms with Crippen molar-refractivity contribution in [3.63, 3.8) is 0 Å². The summed E-state index contributed by atoms with van der Waals surface area (Å²) in [5, 5.41) is 4.35. The Kier molecular flexibility index (Phi) is 2.83. The SMILES string of the molecule is c1ncc(-c2ccnn2C2CCCCO2)cn1. The van der Waals surface area contributed by atoms with Crippen molar-refractivity contribution < 1.29 is 4.74 Å². The van der Waals surface area contributed by atoms with Crippen LogP contribution in [0.15, 0.2) is 31.0 Å². The zero-order chi connectivity index (χ0) is 11.5. The van der Waals surface area contributed by atoms with E-state index < -0.39 is 0 Å². The Balaban J connectivity index is 1.93. The summed E-state index contributed by atoms with van der Waals surface area (Å²) in [6, 6.07) is 1.97. The molecule has 17 heavy (non-hydrogen) atoms. The predicted molar refractivity (Wildman–Crippen MR) is 62.1 cm³/mol. The standard InChI is InChI=1S/C12H14N4O/c1-2-6-17-12(3-1)16-11(4-5-15-16)10-7-13-9-14-8-10/h4-5,7-9,12H,1-3,6H2. The molecule has 0 bridgehead atoms. The molecule has 1 unspecified atom stereocenters. The van der Waals surface area contributed by atoms with Gasteiger partial charge >= 0.3 is 0 Å². The van der Waals surface area contributed by atoms with Crippen molar-refractivity contribution in [2.24, 2.45) is 0 Å². The zero-order valence-corrected chi connectivity index (χ0v) is 9.49. The molecule has 2 aromatic heterocycles. The molecule has 1 atom stereocenters. The van der Waals surface area contributed by atoms with Crippen molar-refractivity contribution in [2.45, 2.75) is 25.5 Å².